The molecule has 1 aromatic carbocycles. The van der Waals surface area contributed by atoms with E-state index < -0.39 is 11.4 Å². The van der Waals surface area contributed by atoms with Crippen molar-refractivity contribution in [3.8, 4) is 0 Å². The van der Waals surface area contributed by atoms with Crippen LogP contribution in [0, 0.1) is 18.3 Å². The lowest BCUT2D eigenvalue weighted by Gasteiger charge is -2.33. The second kappa shape index (κ2) is 6.24. The number of aryl methyl sites for hydroxylation is 1. The third-order valence-electron chi connectivity index (χ3n) is 5.08. The van der Waals surface area contributed by atoms with E-state index in [1.165, 1.54) is 0 Å². The average Bonchev–Trinajstić information content (AvgIpc) is 2.92. The van der Waals surface area contributed by atoms with E-state index in [0.717, 1.165) is 15.6 Å². The van der Waals surface area contributed by atoms with E-state index in [0.29, 0.717) is 39.1 Å². The van der Waals surface area contributed by atoms with Crippen molar-refractivity contribution in [3.05, 3.63) is 33.8 Å². The van der Waals surface area contributed by atoms with Crippen molar-refractivity contribution in [1.29, 1.82) is 0 Å². The van der Waals surface area contributed by atoms with Crippen LogP contribution in [-0.4, -0.2) is 48.2 Å². The fourth-order valence-electron chi connectivity index (χ4n) is 3.52. The average molecular weight is 382 g/mol. The molecule has 1 amide bonds. The highest BCUT2D eigenvalue weighted by atomic mass is 79.9. The number of carboxylic acid groups (broad SMARTS) is 1. The summed E-state index contributed by atoms with van der Waals surface area (Å²) in [6.45, 7) is 3.64. The highest BCUT2D eigenvalue weighted by Gasteiger charge is 2.54. The van der Waals surface area contributed by atoms with E-state index in [-0.39, 0.29) is 11.8 Å². The van der Waals surface area contributed by atoms with Gasteiger partial charge in [0.1, 0.15) is 0 Å². The summed E-state index contributed by atoms with van der Waals surface area (Å²) in [5, 5.41) is 9.66. The Balaban J connectivity index is 1.73. The van der Waals surface area contributed by atoms with Gasteiger partial charge in [-0.25, -0.2) is 0 Å². The molecule has 2 saturated heterocycles. The zero-order valence-corrected chi connectivity index (χ0v) is 14.6. The van der Waals surface area contributed by atoms with Crippen molar-refractivity contribution in [2.45, 2.75) is 19.8 Å². The molecule has 124 valence electrons. The number of carbonyl (C=O) groups excluding carboxylic acids is 1. The first-order valence-electron chi connectivity index (χ1n) is 7.76. The van der Waals surface area contributed by atoms with Crippen LogP contribution in [0.15, 0.2) is 22.7 Å². The van der Waals surface area contributed by atoms with Gasteiger partial charge in [0.2, 0.25) is 5.91 Å². The van der Waals surface area contributed by atoms with Gasteiger partial charge in [-0.2, -0.15) is 0 Å². The van der Waals surface area contributed by atoms with Crippen LogP contribution in [0.3, 0.4) is 0 Å². The van der Waals surface area contributed by atoms with Crippen LogP contribution in [-0.2, 0) is 20.7 Å². The molecule has 0 aromatic heterocycles. The molecule has 6 heteroatoms. The van der Waals surface area contributed by atoms with E-state index in [9.17, 15) is 14.7 Å². The van der Waals surface area contributed by atoms with Crippen LogP contribution in [0.4, 0.5) is 0 Å². The number of carbonyl (C=O) groups is 2. The van der Waals surface area contributed by atoms with Crippen molar-refractivity contribution in [3.63, 3.8) is 0 Å². The van der Waals surface area contributed by atoms with Gasteiger partial charge in [-0.1, -0.05) is 28.1 Å². The normalized spacial score (nSPS) is 26.9. The van der Waals surface area contributed by atoms with Crippen molar-refractivity contribution in [2.24, 2.45) is 11.3 Å². The largest absolute Gasteiger partial charge is 0.481 e. The summed E-state index contributed by atoms with van der Waals surface area (Å²) in [5.41, 5.74) is 1.22. The van der Waals surface area contributed by atoms with E-state index in [1.807, 2.05) is 25.1 Å². The molecule has 0 spiro atoms. The number of fused-ring (bicyclic) bond motifs is 1. The van der Waals surface area contributed by atoms with E-state index in [4.69, 9.17) is 4.74 Å². The minimum atomic E-state index is -0.832. The summed E-state index contributed by atoms with van der Waals surface area (Å²) in [7, 11) is 0. The van der Waals surface area contributed by atoms with Gasteiger partial charge >= 0.3 is 5.97 Å². The van der Waals surface area contributed by atoms with Gasteiger partial charge in [-0.15, -0.1) is 0 Å². The molecule has 2 aliphatic rings. The Hall–Kier alpha value is -1.40. The quantitative estimate of drug-likeness (QED) is 0.871. The first-order valence-corrected chi connectivity index (χ1v) is 8.55. The lowest BCUT2D eigenvalue weighted by Crippen LogP contribution is -2.45. The van der Waals surface area contributed by atoms with Crippen LogP contribution < -0.4 is 0 Å². The molecule has 0 bridgehead atoms. The highest BCUT2D eigenvalue weighted by molar-refractivity contribution is 9.10. The Bertz CT molecular complexity index is 647. The maximum Gasteiger partial charge on any atom is 0.311 e. The van der Waals surface area contributed by atoms with Crippen molar-refractivity contribution < 1.29 is 19.4 Å². The Morgan fingerprint density at radius 2 is 2.26 bits per heavy atom. The summed E-state index contributed by atoms with van der Waals surface area (Å²) in [6.07, 6.45) is 0.773. The first-order chi connectivity index (χ1) is 10.9. The molecule has 23 heavy (non-hydrogen) atoms. The number of aliphatic carboxylic acids is 1. The molecule has 2 fully saturated rings. The van der Waals surface area contributed by atoms with Crippen molar-refractivity contribution in [2.75, 3.05) is 26.3 Å². The molecule has 0 unspecified atom stereocenters. The molecule has 2 aliphatic heterocycles. The number of nitrogens with zero attached hydrogens (tertiary/aromatic N) is 1. The van der Waals surface area contributed by atoms with Gasteiger partial charge in [0.25, 0.3) is 0 Å². The van der Waals surface area contributed by atoms with Gasteiger partial charge in [0.05, 0.1) is 18.4 Å². The number of likely N-dealkylation sites (tertiary alicyclic amines) is 1. The van der Waals surface area contributed by atoms with Crippen molar-refractivity contribution in [1.82, 2.24) is 4.90 Å². The van der Waals surface area contributed by atoms with Crippen LogP contribution in [0.2, 0.25) is 0 Å². The number of benzene rings is 1. The van der Waals surface area contributed by atoms with Gasteiger partial charge in [0, 0.05) is 30.1 Å². The minimum Gasteiger partial charge on any atom is -0.481 e. The first kappa shape index (κ1) is 16.5. The maximum atomic E-state index is 12.6. The Morgan fingerprint density at radius 3 is 2.91 bits per heavy atom. The lowest BCUT2D eigenvalue weighted by molar-refractivity contribution is -0.157. The maximum absolute atomic E-state index is 12.6. The third-order valence-corrected chi connectivity index (χ3v) is 5.93. The second-order valence-electron chi connectivity index (χ2n) is 6.52. The fraction of sp³-hybridized carbons (Fsp3) is 0.529. The van der Waals surface area contributed by atoms with Gasteiger partial charge in [0.15, 0.2) is 0 Å². The molecule has 1 N–H and O–H groups in total. The molecular formula is C17H20BrNO4. The van der Waals surface area contributed by atoms with Crippen LogP contribution in [0.1, 0.15) is 17.5 Å². The second-order valence-corrected chi connectivity index (χ2v) is 7.37. The van der Waals surface area contributed by atoms with E-state index >= 15 is 0 Å². The minimum absolute atomic E-state index is 0.0178. The predicted molar refractivity (Wildman–Crippen MR) is 88.2 cm³/mol. The monoisotopic (exact) mass is 381 g/mol. The van der Waals surface area contributed by atoms with Gasteiger partial charge in [-0.3, -0.25) is 9.59 Å². The van der Waals surface area contributed by atoms with Gasteiger partial charge < -0.3 is 14.7 Å². The van der Waals surface area contributed by atoms with E-state index in [2.05, 4.69) is 15.9 Å². The van der Waals surface area contributed by atoms with E-state index in [1.54, 1.807) is 4.90 Å². The Kier molecular flexibility index (Phi) is 4.47. The zero-order chi connectivity index (χ0) is 16.6. The molecule has 1 aromatic rings. The molecule has 0 saturated carbocycles. The SMILES string of the molecule is Cc1ccc(CC(=O)N2C[C@H]3COCC[C@@]3(C(=O)O)C2)cc1Br. The number of carboxylic acids is 1. The lowest BCUT2D eigenvalue weighted by atomic mass is 9.74. The number of ether oxygens (including phenoxy) is 1. The number of hydrogen-bond donors (Lipinski definition) is 1. The summed E-state index contributed by atoms with van der Waals surface area (Å²) >= 11 is 3.48. The van der Waals surface area contributed by atoms with Crippen LogP contribution >= 0.6 is 15.9 Å². The third kappa shape index (κ3) is 3.02. The summed E-state index contributed by atoms with van der Waals surface area (Å²) in [4.78, 5) is 26.1. The molecule has 5 nitrogen and oxygen atoms in total. The van der Waals surface area contributed by atoms with Crippen LogP contribution in [0.25, 0.3) is 0 Å². The van der Waals surface area contributed by atoms with Crippen LogP contribution in [0.5, 0.6) is 0 Å². The molecule has 2 atom stereocenters. The summed E-state index contributed by atoms with van der Waals surface area (Å²) in [5.74, 6) is -0.933. The molecular weight excluding hydrogens is 362 g/mol. The van der Waals surface area contributed by atoms with Crippen molar-refractivity contribution >= 4 is 27.8 Å². The number of rotatable bonds is 3. The Labute approximate surface area is 143 Å². The molecule has 0 aliphatic carbocycles. The summed E-state index contributed by atoms with van der Waals surface area (Å²) in [6, 6.07) is 5.87. The summed E-state index contributed by atoms with van der Waals surface area (Å²) < 4.78 is 6.41. The fourth-order valence-corrected chi connectivity index (χ4v) is 3.95. The van der Waals surface area contributed by atoms with Gasteiger partial charge in [-0.05, 0) is 30.5 Å². The molecule has 3 rings (SSSR count). The molecule has 2 heterocycles. The highest BCUT2D eigenvalue weighted by Crippen LogP contribution is 2.42. The topological polar surface area (TPSA) is 66.8 Å². The number of hydrogen-bond acceptors (Lipinski definition) is 3. The standard InChI is InChI=1S/C17H20BrNO4/c1-11-2-3-12(6-14(11)18)7-15(20)19-8-13-9-23-5-4-17(13,10-19)16(21)22/h2-3,6,13H,4-5,7-10H2,1H3,(H,21,22)/t13-,17+/m0/s1. The molecule has 0 radical (unpaired) electrons. The zero-order valence-electron chi connectivity index (χ0n) is 13.0. The number of halogens is 1. The smallest absolute Gasteiger partial charge is 0.311 e. The number of amides is 1. The predicted octanol–water partition coefficient (Wildman–Crippen LogP) is 2.25. The Morgan fingerprint density at radius 1 is 1.48 bits per heavy atom.